The number of carbonyl (C=O) groups is 2. The lowest BCUT2D eigenvalue weighted by Gasteiger charge is -2.31. The second kappa shape index (κ2) is 8.94. The van der Waals surface area contributed by atoms with Crippen molar-refractivity contribution in [3.05, 3.63) is 59.9 Å². The average Bonchev–Trinajstić information content (AvgIpc) is 3.14. The van der Waals surface area contributed by atoms with Gasteiger partial charge in [-0.2, -0.15) is 0 Å². The molecular weight excluding hydrogens is 390 g/mol. The third-order valence-electron chi connectivity index (χ3n) is 6.16. The average molecular weight is 420 g/mol. The molecule has 6 nitrogen and oxygen atoms in total. The van der Waals surface area contributed by atoms with Crippen molar-refractivity contribution in [2.75, 3.05) is 24.7 Å². The van der Waals surface area contributed by atoms with Gasteiger partial charge in [-0.05, 0) is 71.0 Å². The maximum atomic E-state index is 13.1. The van der Waals surface area contributed by atoms with Crippen LogP contribution in [0.2, 0.25) is 0 Å². The van der Waals surface area contributed by atoms with Crippen LogP contribution in [-0.4, -0.2) is 36.9 Å². The van der Waals surface area contributed by atoms with Gasteiger partial charge in [-0.15, -0.1) is 0 Å². The topological polar surface area (TPSA) is 74.6 Å². The molecule has 2 amide bonds. The van der Waals surface area contributed by atoms with Crippen LogP contribution >= 0.6 is 0 Å². The van der Waals surface area contributed by atoms with E-state index in [2.05, 4.69) is 29.6 Å². The van der Waals surface area contributed by atoms with Crippen molar-refractivity contribution in [2.24, 2.45) is 5.92 Å². The minimum Gasteiger partial charge on any atom is -0.449 e. The van der Waals surface area contributed by atoms with Crippen LogP contribution < -0.4 is 10.6 Å². The Labute approximate surface area is 182 Å². The first-order valence-corrected chi connectivity index (χ1v) is 10.8. The van der Waals surface area contributed by atoms with Crippen LogP contribution in [0.5, 0.6) is 0 Å². The van der Waals surface area contributed by atoms with Gasteiger partial charge in [0.15, 0.2) is 0 Å². The summed E-state index contributed by atoms with van der Waals surface area (Å²) in [6.07, 6.45) is 3.68. The van der Waals surface area contributed by atoms with Crippen molar-refractivity contribution >= 4 is 34.2 Å². The van der Waals surface area contributed by atoms with Crippen molar-refractivity contribution in [3.8, 4) is 0 Å². The van der Waals surface area contributed by atoms with Crippen molar-refractivity contribution in [1.82, 2.24) is 4.90 Å². The summed E-state index contributed by atoms with van der Waals surface area (Å²) in [4.78, 5) is 28.3. The van der Waals surface area contributed by atoms with Crippen molar-refractivity contribution in [3.63, 3.8) is 0 Å². The van der Waals surface area contributed by atoms with Crippen LogP contribution in [0.3, 0.4) is 0 Å². The van der Waals surface area contributed by atoms with E-state index in [1.165, 1.54) is 0 Å². The van der Waals surface area contributed by atoms with E-state index >= 15 is 0 Å². The molecule has 1 saturated carbocycles. The summed E-state index contributed by atoms with van der Waals surface area (Å²) in [7, 11) is 4.17. The van der Waals surface area contributed by atoms with Gasteiger partial charge in [0.1, 0.15) is 11.3 Å². The van der Waals surface area contributed by atoms with Crippen molar-refractivity contribution in [2.45, 2.75) is 38.6 Å². The number of furan rings is 1. The molecule has 1 aliphatic carbocycles. The Morgan fingerprint density at radius 2 is 1.61 bits per heavy atom. The molecule has 0 unspecified atom stereocenters. The molecule has 0 spiro atoms. The van der Waals surface area contributed by atoms with Crippen LogP contribution in [0.25, 0.3) is 11.0 Å². The number of rotatable bonds is 5. The number of nitrogens with zero attached hydrogens (tertiary/aromatic N) is 1. The molecule has 6 heteroatoms. The second-order valence-electron chi connectivity index (χ2n) is 8.58. The molecule has 0 aliphatic heterocycles. The van der Waals surface area contributed by atoms with E-state index in [1.54, 1.807) is 6.07 Å². The minimum atomic E-state index is -0.383. The molecule has 0 radical (unpaired) electrons. The Kier molecular flexibility index (Phi) is 6.09. The first-order chi connectivity index (χ1) is 14.9. The minimum absolute atomic E-state index is 0.0480. The summed E-state index contributed by atoms with van der Waals surface area (Å²) in [5, 5.41) is 6.61. The molecule has 1 aromatic heterocycles. The predicted molar refractivity (Wildman–Crippen MR) is 123 cm³/mol. The van der Waals surface area contributed by atoms with Gasteiger partial charge in [-0.1, -0.05) is 29.8 Å². The lowest BCUT2D eigenvalue weighted by Crippen LogP contribution is -2.35. The van der Waals surface area contributed by atoms with Gasteiger partial charge >= 0.3 is 0 Å². The van der Waals surface area contributed by atoms with E-state index < -0.39 is 0 Å². The first-order valence-electron chi connectivity index (χ1n) is 10.8. The molecule has 0 bridgehead atoms. The maximum Gasteiger partial charge on any atom is 0.293 e. The SMILES string of the molecule is Cc1ccc(NC(=O)c2oc3ccccc3c2NC(=O)C2CCC(N(C)C)CC2)cc1. The molecule has 0 atom stereocenters. The number of benzene rings is 2. The third-order valence-corrected chi connectivity index (χ3v) is 6.16. The molecule has 3 aromatic rings. The zero-order chi connectivity index (χ0) is 22.0. The monoisotopic (exact) mass is 419 g/mol. The van der Waals surface area contributed by atoms with E-state index in [0.717, 1.165) is 36.6 Å². The Hall–Kier alpha value is -3.12. The first kappa shape index (κ1) is 21.1. The van der Waals surface area contributed by atoms with Crippen LogP contribution in [-0.2, 0) is 4.79 Å². The fourth-order valence-corrected chi connectivity index (χ4v) is 4.23. The molecule has 1 fully saturated rings. The van der Waals surface area contributed by atoms with E-state index in [4.69, 9.17) is 4.42 Å². The summed E-state index contributed by atoms with van der Waals surface area (Å²) in [5.41, 5.74) is 2.80. The molecule has 162 valence electrons. The number of aryl methyl sites for hydroxylation is 1. The summed E-state index contributed by atoms with van der Waals surface area (Å²) in [5.74, 6) is -0.366. The predicted octanol–water partition coefficient (Wildman–Crippen LogP) is 5.05. The maximum absolute atomic E-state index is 13.1. The number of nitrogens with one attached hydrogen (secondary N) is 2. The van der Waals surface area contributed by atoms with Gasteiger partial charge in [0, 0.05) is 23.0 Å². The van der Waals surface area contributed by atoms with Gasteiger partial charge < -0.3 is 20.0 Å². The van der Waals surface area contributed by atoms with E-state index in [9.17, 15) is 9.59 Å². The normalized spacial score (nSPS) is 18.8. The van der Waals surface area contributed by atoms with Gasteiger partial charge in [-0.3, -0.25) is 9.59 Å². The lowest BCUT2D eigenvalue weighted by molar-refractivity contribution is -0.121. The summed E-state index contributed by atoms with van der Waals surface area (Å²) < 4.78 is 5.86. The zero-order valence-electron chi connectivity index (χ0n) is 18.3. The van der Waals surface area contributed by atoms with Gasteiger partial charge in [0.25, 0.3) is 5.91 Å². The smallest absolute Gasteiger partial charge is 0.293 e. The Bertz CT molecular complexity index is 1080. The van der Waals surface area contributed by atoms with Crippen molar-refractivity contribution in [1.29, 1.82) is 0 Å². The third kappa shape index (κ3) is 4.64. The molecule has 2 aromatic carbocycles. The fraction of sp³-hybridized carbons (Fsp3) is 0.360. The largest absolute Gasteiger partial charge is 0.449 e. The number of para-hydroxylation sites is 1. The van der Waals surface area contributed by atoms with Crippen LogP contribution in [0.4, 0.5) is 11.4 Å². The number of amides is 2. The molecule has 1 heterocycles. The van der Waals surface area contributed by atoms with Crippen LogP contribution in [0.1, 0.15) is 41.8 Å². The number of carbonyl (C=O) groups excluding carboxylic acids is 2. The highest BCUT2D eigenvalue weighted by Gasteiger charge is 2.29. The molecule has 2 N–H and O–H groups in total. The Morgan fingerprint density at radius 3 is 2.29 bits per heavy atom. The van der Waals surface area contributed by atoms with Crippen LogP contribution in [0, 0.1) is 12.8 Å². The van der Waals surface area contributed by atoms with Crippen LogP contribution in [0.15, 0.2) is 52.9 Å². The van der Waals surface area contributed by atoms with Gasteiger partial charge in [0.2, 0.25) is 11.7 Å². The number of anilines is 2. The van der Waals surface area contributed by atoms with Crippen molar-refractivity contribution < 1.29 is 14.0 Å². The van der Waals surface area contributed by atoms with E-state index in [1.807, 2.05) is 49.4 Å². The summed E-state index contributed by atoms with van der Waals surface area (Å²) in [6, 6.07) is 15.5. The molecule has 31 heavy (non-hydrogen) atoms. The summed E-state index contributed by atoms with van der Waals surface area (Å²) in [6.45, 7) is 1.99. The lowest BCUT2D eigenvalue weighted by atomic mass is 9.85. The zero-order valence-corrected chi connectivity index (χ0v) is 18.3. The number of fused-ring (bicyclic) bond motifs is 1. The molecular formula is C25H29N3O3. The van der Waals surface area contributed by atoms with Gasteiger partial charge in [-0.25, -0.2) is 0 Å². The standard InChI is InChI=1S/C25H29N3O3/c1-16-8-12-18(13-9-16)26-25(30)23-22(20-6-4-5-7-21(20)31-23)27-24(29)17-10-14-19(15-11-17)28(2)3/h4-9,12-13,17,19H,10-11,14-15H2,1-3H3,(H,26,30)(H,27,29). The summed E-state index contributed by atoms with van der Waals surface area (Å²) >= 11 is 0. The molecule has 4 rings (SSSR count). The number of hydrogen-bond donors (Lipinski definition) is 2. The highest BCUT2D eigenvalue weighted by Crippen LogP contribution is 2.34. The second-order valence-corrected chi connectivity index (χ2v) is 8.58. The highest BCUT2D eigenvalue weighted by atomic mass is 16.3. The van der Waals surface area contributed by atoms with E-state index in [0.29, 0.717) is 23.0 Å². The molecule has 0 saturated heterocycles. The number of hydrogen-bond acceptors (Lipinski definition) is 4. The Balaban J connectivity index is 1.56. The quantitative estimate of drug-likeness (QED) is 0.607. The van der Waals surface area contributed by atoms with Gasteiger partial charge in [0.05, 0.1) is 0 Å². The Morgan fingerprint density at radius 1 is 0.935 bits per heavy atom. The molecule has 1 aliphatic rings. The highest BCUT2D eigenvalue weighted by molar-refractivity contribution is 6.14. The van der Waals surface area contributed by atoms with E-state index in [-0.39, 0.29) is 23.5 Å². The fourth-order valence-electron chi connectivity index (χ4n) is 4.23.